The smallest absolute Gasteiger partial charge is 0.336 e. The lowest BCUT2D eigenvalue weighted by Gasteiger charge is -2.23. The van der Waals surface area contributed by atoms with Crippen molar-refractivity contribution in [1.29, 1.82) is 0 Å². The molecule has 1 atom stereocenters. The van der Waals surface area contributed by atoms with Gasteiger partial charge in [0.2, 0.25) is 0 Å². The van der Waals surface area contributed by atoms with E-state index in [1.165, 1.54) is 6.07 Å². The van der Waals surface area contributed by atoms with Gasteiger partial charge in [-0.3, -0.25) is 0 Å². The maximum absolute atomic E-state index is 11.4. The maximum atomic E-state index is 11.4. The van der Waals surface area contributed by atoms with Crippen molar-refractivity contribution in [2.24, 2.45) is 11.3 Å². The van der Waals surface area contributed by atoms with Gasteiger partial charge in [0.1, 0.15) is 0 Å². The Balaban J connectivity index is 2.91. The van der Waals surface area contributed by atoms with Gasteiger partial charge in [-0.1, -0.05) is 39.8 Å². The number of hydrogen-bond donors (Lipinski definition) is 2. The van der Waals surface area contributed by atoms with E-state index in [2.05, 4.69) is 27.7 Å². The number of carboxylic acid groups (broad SMARTS) is 2. The first kappa shape index (κ1) is 17.2. The minimum atomic E-state index is -1.20. The molecule has 1 rings (SSSR count). The largest absolute Gasteiger partial charge is 0.478 e. The second-order valence-corrected chi connectivity index (χ2v) is 6.86. The SMILES string of the molecule is CC(CCc1cccc(C(=O)O)c1C(=O)O)CC(C)(C)C. The highest BCUT2D eigenvalue weighted by Gasteiger charge is 2.21. The topological polar surface area (TPSA) is 74.6 Å². The molecule has 0 saturated carbocycles. The Morgan fingerprint density at radius 2 is 1.76 bits per heavy atom. The molecule has 21 heavy (non-hydrogen) atoms. The highest BCUT2D eigenvalue weighted by atomic mass is 16.4. The van der Waals surface area contributed by atoms with Crippen LogP contribution in [0.25, 0.3) is 0 Å². The van der Waals surface area contributed by atoms with Gasteiger partial charge < -0.3 is 10.2 Å². The Labute approximate surface area is 125 Å². The first-order chi connectivity index (χ1) is 9.61. The Kier molecular flexibility index (Phi) is 5.53. The van der Waals surface area contributed by atoms with Gasteiger partial charge in [-0.25, -0.2) is 9.59 Å². The lowest BCUT2D eigenvalue weighted by Crippen LogP contribution is -2.14. The predicted molar refractivity (Wildman–Crippen MR) is 81.9 cm³/mol. The van der Waals surface area contributed by atoms with Crippen LogP contribution < -0.4 is 0 Å². The van der Waals surface area contributed by atoms with Crippen LogP contribution in [0.4, 0.5) is 0 Å². The monoisotopic (exact) mass is 292 g/mol. The van der Waals surface area contributed by atoms with E-state index >= 15 is 0 Å². The molecule has 0 aliphatic rings. The summed E-state index contributed by atoms with van der Waals surface area (Å²) in [7, 11) is 0. The Morgan fingerprint density at radius 3 is 2.24 bits per heavy atom. The lowest BCUT2D eigenvalue weighted by atomic mass is 9.83. The highest BCUT2D eigenvalue weighted by Crippen LogP contribution is 2.27. The van der Waals surface area contributed by atoms with Gasteiger partial charge in [0, 0.05) is 0 Å². The molecule has 4 heteroatoms. The molecule has 116 valence electrons. The fourth-order valence-corrected chi connectivity index (χ4v) is 2.79. The maximum Gasteiger partial charge on any atom is 0.336 e. The average molecular weight is 292 g/mol. The second kappa shape index (κ2) is 6.74. The number of rotatable bonds is 6. The van der Waals surface area contributed by atoms with Crippen molar-refractivity contribution >= 4 is 11.9 Å². The fraction of sp³-hybridized carbons (Fsp3) is 0.529. The molecule has 0 bridgehead atoms. The Bertz CT molecular complexity index is 526. The Morgan fingerprint density at radius 1 is 1.14 bits per heavy atom. The van der Waals surface area contributed by atoms with Crippen molar-refractivity contribution in [3.05, 3.63) is 34.9 Å². The van der Waals surface area contributed by atoms with Gasteiger partial charge in [-0.2, -0.15) is 0 Å². The van der Waals surface area contributed by atoms with Crippen LogP contribution in [0.2, 0.25) is 0 Å². The summed E-state index contributed by atoms with van der Waals surface area (Å²) in [5.74, 6) is -1.91. The van der Waals surface area contributed by atoms with Gasteiger partial charge in [0.15, 0.2) is 0 Å². The van der Waals surface area contributed by atoms with E-state index in [0.29, 0.717) is 17.9 Å². The lowest BCUT2D eigenvalue weighted by molar-refractivity contribution is 0.0650. The van der Waals surface area contributed by atoms with E-state index in [9.17, 15) is 14.7 Å². The van der Waals surface area contributed by atoms with E-state index in [1.807, 2.05) is 0 Å². The molecule has 0 aromatic heterocycles. The zero-order chi connectivity index (χ0) is 16.2. The number of carbonyl (C=O) groups is 2. The van der Waals surface area contributed by atoms with Crippen LogP contribution in [0, 0.1) is 11.3 Å². The summed E-state index contributed by atoms with van der Waals surface area (Å²) in [5, 5.41) is 18.4. The number of hydrogen-bond acceptors (Lipinski definition) is 2. The molecule has 0 fully saturated rings. The van der Waals surface area contributed by atoms with Crippen molar-refractivity contribution in [3.63, 3.8) is 0 Å². The summed E-state index contributed by atoms with van der Waals surface area (Å²) in [6, 6.07) is 4.66. The highest BCUT2D eigenvalue weighted by molar-refractivity contribution is 6.02. The molecule has 0 radical (unpaired) electrons. The molecule has 1 unspecified atom stereocenters. The first-order valence-corrected chi connectivity index (χ1v) is 7.20. The minimum Gasteiger partial charge on any atom is -0.478 e. The average Bonchev–Trinajstić information content (AvgIpc) is 2.33. The summed E-state index contributed by atoms with van der Waals surface area (Å²) >= 11 is 0. The molecule has 0 amide bonds. The van der Waals surface area contributed by atoms with Gasteiger partial charge >= 0.3 is 11.9 Å². The Hall–Kier alpha value is -1.84. The van der Waals surface area contributed by atoms with E-state index in [1.54, 1.807) is 12.1 Å². The van der Waals surface area contributed by atoms with Gasteiger partial charge in [0.25, 0.3) is 0 Å². The molecule has 2 N–H and O–H groups in total. The first-order valence-electron chi connectivity index (χ1n) is 7.20. The number of aryl methyl sites for hydroxylation is 1. The summed E-state index contributed by atoms with van der Waals surface area (Å²) in [4.78, 5) is 22.5. The number of benzene rings is 1. The molecule has 1 aromatic carbocycles. The summed E-state index contributed by atoms with van der Waals surface area (Å²) < 4.78 is 0. The van der Waals surface area contributed by atoms with Crippen LogP contribution in [0.5, 0.6) is 0 Å². The molecular weight excluding hydrogens is 268 g/mol. The van der Waals surface area contributed by atoms with Crippen molar-refractivity contribution < 1.29 is 19.8 Å². The van der Waals surface area contributed by atoms with Gasteiger partial charge in [0.05, 0.1) is 11.1 Å². The molecule has 4 nitrogen and oxygen atoms in total. The molecule has 0 aliphatic carbocycles. The zero-order valence-electron chi connectivity index (χ0n) is 13.1. The van der Waals surface area contributed by atoms with Crippen molar-refractivity contribution in [3.8, 4) is 0 Å². The quantitative estimate of drug-likeness (QED) is 0.828. The molecule has 0 aliphatic heterocycles. The van der Waals surface area contributed by atoms with Crippen LogP contribution in [0.3, 0.4) is 0 Å². The van der Waals surface area contributed by atoms with Crippen LogP contribution in [-0.4, -0.2) is 22.2 Å². The third-order valence-corrected chi connectivity index (χ3v) is 3.46. The van der Waals surface area contributed by atoms with Gasteiger partial charge in [-0.05, 0) is 42.2 Å². The van der Waals surface area contributed by atoms with Crippen molar-refractivity contribution in [1.82, 2.24) is 0 Å². The second-order valence-electron chi connectivity index (χ2n) is 6.86. The van der Waals surface area contributed by atoms with Crippen molar-refractivity contribution in [2.45, 2.75) is 47.0 Å². The third-order valence-electron chi connectivity index (χ3n) is 3.46. The molecule has 0 heterocycles. The van der Waals surface area contributed by atoms with Crippen LogP contribution >= 0.6 is 0 Å². The van der Waals surface area contributed by atoms with Crippen LogP contribution in [0.15, 0.2) is 18.2 Å². The molecular formula is C17H24O4. The standard InChI is InChI=1S/C17H24O4/c1-11(10-17(2,3)4)8-9-12-6-5-7-13(15(18)19)14(12)16(20)21/h5-7,11H,8-10H2,1-4H3,(H,18,19)(H,20,21). The van der Waals surface area contributed by atoms with Crippen LogP contribution in [-0.2, 0) is 6.42 Å². The van der Waals surface area contributed by atoms with E-state index in [0.717, 1.165) is 12.8 Å². The summed E-state index contributed by atoms with van der Waals surface area (Å²) in [6.45, 7) is 8.68. The van der Waals surface area contributed by atoms with Crippen molar-refractivity contribution in [2.75, 3.05) is 0 Å². The zero-order valence-corrected chi connectivity index (χ0v) is 13.1. The third kappa shape index (κ3) is 5.21. The number of carboxylic acids is 2. The normalized spacial score (nSPS) is 13.0. The fourth-order valence-electron chi connectivity index (χ4n) is 2.79. The van der Waals surface area contributed by atoms with Gasteiger partial charge in [-0.15, -0.1) is 0 Å². The summed E-state index contributed by atoms with van der Waals surface area (Å²) in [5.41, 5.74) is 0.623. The summed E-state index contributed by atoms with van der Waals surface area (Å²) in [6.07, 6.45) is 2.48. The minimum absolute atomic E-state index is 0.0760. The van der Waals surface area contributed by atoms with E-state index in [4.69, 9.17) is 5.11 Å². The predicted octanol–water partition coefficient (Wildman–Crippen LogP) is 4.09. The van der Waals surface area contributed by atoms with Crippen LogP contribution in [0.1, 0.15) is 66.8 Å². The molecule has 0 saturated heterocycles. The molecule has 1 aromatic rings. The van der Waals surface area contributed by atoms with E-state index < -0.39 is 11.9 Å². The van der Waals surface area contributed by atoms with E-state index in [-0.39, 0.29) is 16.5 Å². The number of aromatic carboxylic acids is 2. The molecule has 0 spiro atoms.